The van der Waals surface area contributed by atoms with Gasteiger partial charge in [-0.1, -0.05) is 0 Å². The molecule has 1 aromatic carbocycles. The van der Waals surface area contributed by atoms with Gasteiger partial charge >= 0.3 is 11.5 Å². The molecule has 0 aliphatic carbocycles. The lowest BCUT2D eigenvalue weighted by Crippen LogP contribution is -2.33. The zero-order valence-corrected chi connectivity index (χ0v) is 16.7. The van der Waals surface area contributed by atoms with E-state index in [-0.39, 0.29) is 24.7 Å². The van der Waals surface area contributed by atoms with Crippen molar-refractivity contribution in [2.45, 2.75) is 23.9 Å². The standard InChI is InChI=1S/C18H15F3N4O5S/c1-11(26)23-15-8-22-7-6-12(15)9-24-10-16(27)25(17(24)28)13-2-4-14(5-3-13)31(29,30)18(19,20)21/h2-8H,9-10H2,1H3,(H,23,26). The third-order valence-electron chi connectivity index (χ3n) is 4.33. The van der Waals surface area contributed by atoms with Crippen LogP contribution in [0.3, 0.4) is 0 Å². The largest absolute Gasteiger partial charge is 0.501 e. The number of aromatic nitrogens is 1. The van der Waals surface area contributed by atoms with Crippen LogP contribution >= 0.6 is 0 Å². The maximum atomic E-state index is 12.7. The Kier molecular flexibility index (Phi) is 5.72. The van der Waals surface area contributed by atoms with Crippen molar-refractivity contribution >= 4 is 39.1 Å². The van der Waals surface area contributed by atoms with Gasteiger partial charge in [0, 0.05) is 13.1 Å². The fourth-order valence-electron chi connectivity index (χ4n) is 2.90. The molecule has 0 saturated carbocycles. The van der Waals surface area contributed by atoms with E-state index in [0.29, 0.717) is 23.4 Å². The molecular formula is C18H15F3N4O5S. The summed E-state index contributed by atoms with van der Waals surface area (Å²) < 4.78 is 60.9. The van der Waals surface area contributed by atoms with Crippen molar-refractivity contribution in [3.05, 3.63) is 48.3 Å². The average molecular weight is 456 g/mol. The molecule has 1 aromatic heterocycles. The second-order valence-corrected chi connectivity index (χ2v) is 8.47. The van der Waals surface area contributed by atoms with Crippen molar-refractivity contribution in [1.29, 1.82) is 0 Å². The molecule has 1 saturated heterocycles. The first-order valence-electron chi connectivity index (χ1n) is 8.65. The van der Waals surface area contributed by atoms with Crippen molar-refractivity contribution in [3.8, 4) is 0 Å². The van der Waals surface area contributed by atoms with E-state index < -0.39 is 32.2 Å². The molecule has 1 aliphatic heterocycles. The number of sulfone groups is 1. The van der Waals surface area contributed by atoms with Crippen LogP contribution in [0, 0.1) is 0 Å². The summed E-state index contributed by atoms with van der Waals surface area (Å²) in [5.74, 6) is -1.000. The van der Waals surface area contributed by atoms with E-state index >= 15 is 0 Å². The van der Waals surface area contributed by atoms with Gasteiger partial charge < -0.3 is 10.2 Å². The minimum atomic E-state index is -5.55. The highest BCUT2D eigenvalue weighted by Crippen LogP contribution is 2.32. The number of urea groups is 1. The number of benzene rings is 1. The summed E-state index contributed by atoms with van der Waals surface area (Å²) in [5.41, 5.74) is -4.67. The van der Waals surface area contributed by atoms with E-state index in [0.717, 1.165) is 17.0 Å². The number of hydrogen-bond acceptors (Lipinski definition) is 6. The van der Waals surface area contributed by atoms with E-state index in [1.165, 1.54) is 24.2 Å². The summed E-state index contributed by atoms with van der Waals surface area (Å²) >= 11 is 0. The number of rotatable bonds is 5. The summed E-state index contributed by atoms with van der Waals surface area (Å²) in [7, 11) is -5.55. The van der Waals surface area contributed by atoms with Gasteiger partial charge in [-0.3, -0.25) is 14.6 Å². The Hall–Kier alpha value is -3.48. The Morgan fingerprint density at radius 3 is 2.39 bits per heavy atom. The SMILES string of the molecule is CC(=O)Nc1cnccc1CN1CC(=O)N(c2ccc(S(=O)(=O)C(F)(F)F)cc2)C1=O. The Bertz CT molecular complexity index is 1150. The normalized spacial score (nSPS) is 14.8. The fourth-order valence-corrected chi connectivity index (χ4v) is 3.67. The maximum absolute atomic E-state index is 12.7. The van der Waals surface area contributed by atoms with Crippen molar-refractivity contribution in [2.75, 3.05) is 16.8 Å². The molecule has 0 unspecified atom stereocenters. The molecule has 0 spiro atoms. The first kappa shape index (κ1) is 22.2. The molecule has 1 aliphatic rings. The van der Waals surface area contributed by atoms with E-state index in [2.05, 4.69) is 10.3 Å². The summed E-state index contributed by atoms with van der Waals surface area (Å²) in [6, 6.07) is 4.07. The van der Waals surface area contributed by atoms with E-state index in [9.17, 15) is 36.0 Å². The van der Waals surface area contributed by atoms with Crippen LogP contribution in [0.15, 0.2) is 47.6 Å². The number of nitrogens with zero attached hydrogens (tertiary/aromatic N) is 3. The topological polar surface area (TPSA) is 117 Å². The second kappa shape index (κ2) is 7.98. The predicted molar refractivity (Wildman–Crippen MR) is 102 cm³/mol. The highest BCUT2D eigenvalue weighted by Gasteiger charge is 2.47. The highest BCUT2D eigenvalue weighted by atomic mass is 32.2. The Balaban J connectivity index is 1.82. The minimum Gasteiger partial charge on any atom is -0.325 e. The van der Waals surface area contributed by atoms with Crippen LogP contribution in [-0.4, -0.2) is 48.2 Å². The van der Waals surface area contributed by atoms with Crippen molar-refractivity contribution in [3.63, 3.8) is 0 Å². The minimum absolute atomic E-state index is 0.0419. The third kappa shape index (κ3) is 4.35. The van der Waals surface area contributed by atoms with Gasteiger partial charge in [0.25, 0.3) is 15.7 Å². The smallest absolute Gasteiger partial charge is 0.325 e. The van der Waals surface area contributed by atoms with Crippen LogP contribution in [0.5, 0.6) is 0 Å². The monoisotopic (exact) mass is 456 g/mol. The van der Waals surface area contributed by atoms with Gasteiger partial charge in [0.1, 0.15) is 6.54 Å². The lowest BCUT2D eigenvalue weighted by Gasteiger charge is -2.19. The zero-order chi connectivity index (χ0) is 23.0. The molecule has 164 valence electrons. The van der Waals surface area contributed by atoms with Gasteiger partial charge in [-0.15, -0.1) is 0 Å². The Labute approximate surface area is 174 Å². The van der Waals surface area contributed by atoms with E-state index in [1.54, 1.807) is 6.07 Å². The first-order valence-corrected chi connectivity index (χ1v) is 10.1. The zero-order valence-electron chi connectivity index (χ0n) is 15.9. The number of nitrogens with one attached hydrogen (secondary N) is 1. The first-order chi connectivity index (χ1) is 14.4. The highest BCUT2D eigenvalue weighted by molar-refractivity contribution is 7.92. The number of carbonyl (C=O) groups excluding carboxylic acids is 3. The number of amides is 4. The van der Waals surface area contributed by atoms with Crippen molar-refractivity contribution in [1.82, 2.24) is 9.88 Å². The molecule has 9 nitrogen and oxygen atoms in total. The molecule has 2 aromatic rings. The molecule has 0 bridgehead atoms. The predicted octanol–water partition coefficient (Wildman–Crippen LogP) is 2.30. The lowest BCUT2D eigenvalue weighted by atomic mass is 10.2. The van der Waals surface area contributed by atoms with E-state index in [4.69, 9.17) is 0 Å². The quantitative estimate of drug-likeness (QED) is 0.690. The third-order valence-corrected chi connectivity index (χ3v) is 5.83. The molecule has 0 atom stereocenters. The number of pyridine rings is 1. The number of halogens is 3. The van der Waals surface area contributed by atoms with Gasteiger partial charge in [-0.05, 0) is 35.9 Å². The number of hydrogen-bond donors (Lipinski definition) is 1. The lowest BCUT2D eigenvalue weighted by molar-refractivity contribution is -0.117. The second-order valence-electron chi connectivity index (χ2n) is 6.52. The number of alkyl halides is 3. The van der Waals surface area contributed by atoms with Crippen LogP contribution in [0.4, 0.5) is 29.3 Å². The molecule has 13 heteroatoms. The molecule has 0 radical (unpaired) electrons. The number of anilines is 2. The van der Waals surface area contributed by atoms with Crippen LogP contribution in [0.2, 0.25) is 0 Å². The number of imide groups is 1. The van der Waals surface area contributed by atoms with Gasteiger partial charge in [-0.2, -0.15) is 13.2 Å². The van der Waals surface area contributed by atoms with Gasteiger partial charge in [0.2, 0.25) is 5.91 Å². The van der Waals surface area contributed by atoms with Crippen LogP contribution < -0.4 is 10.2 Å². The summed E-state index contributed by atoms with van der Waals surface area (Å²) in [6.45, 7) is 0.939. The van der Waals surface area contributed by atoms with Crippen LogP contribution in [0.1, 0.15) is 12.5 Å². The summed E-state index contributed by atoms with van der Waals surface area (Å²) in [4.78, 5) is 41.2. The molecular weight excluding hydrogens is 441 g/mol. The van der Waals surface area contributed by atoms with Gasteiger partial charge in [0.15, 0.2) is 0 Å². The van der Waals surface area contributed by atoms with Crippen molar-refractivity contribution in [2.24, 2.45) is 0 Å². The van der Waals surface area contributed by atoms with Crippen molar-refractivity contribution < 1.29 is 36.0 Å². The molecule has 3 rings (SSSR count). The van der Waals surface area contributed by atoms with Crippen LogP contribution in [0.25, 0.3) is 0 Å². The maximum Gasteiger partial charge on any atom is 0.501 e. The van der Waals surface area contributed by atoms with Gasteiger partial charge in [-0.25, -0.2) is 18.1 Å². The van der Waals surface area contributed by atoms with Crippen LogP contribution in [-0.2, 0) is 26.0 Å². The average Bonchev–Trinajstić information content (AvgIpc) is 2.95. The summed E-state index contributed by atoms with van der Waals surface area (Å²) in [5, 5.41) is 2.56. The summed E-state index contributed by atoms with van der Waals surface area (Å²) in [6.07, 6.45) is 2.83. The fraction of sp³-hybridized carbons (Fsp3) is 0.222. The molecule has 1 fully saturated rings. The van der Waals surface area contributed by atoms with E-state index in [1.807, 2.05) is 0 Å². The van der Waals surface area contributed by atoms with Gasteiger partial charge in [0.05, 0.1) is 29.0 Å². The molecule has 1 N–H and O–H groups in total. The Morgan fingerprint density at radius 1 is 1.16 bits per heavy atom. The molecule has 31 heavy (non-hydrogen) atoms. The number of carbonyl (C=O) groups is 3. The molecule has 2 heterocycles. The molecule has 4 amide bonds. The Morgan fingerprint density at radius 2 is 1.81 bits per heavy atom.